The van der Waals surface area contributed by atoms with E-state index in [9.17, 15) is 53.0 Å². The molecule has 0 heterocycles. The van der Waals surface area contributed by atoms with E-state index in [4.69, 9.17) is 0 Å². The van der Waals surface area contributed by atoms with E-state index in [1.807, 2.05) is 0 Å². The van der Waals surface area contributed by atoms with Crippen molar-refractivity contribution in [3.63, 3.8) is 0 Å². The molecule has 0 bridgehead atoms. The van der Waals surface area contributed by atoms with Crippen LogP contribution in [0.15, 0.2) is 22.8 Å². The molecule has 2 aromatic rings. The van der Waals surface area contributed by atoms with Crippen LogP contribution in [-0.2, 0) is 9.13 Å². The van der Waals surface area contributed by atoms with Crippen molar-refractivity contribution in [1.29, 1.82) is 0 Å². The van der Waals surface area contributed by atoms with Crippen LogP contribution in [0.2, 0.25) is 0 Å². The van der Waals surface area contributed by atoms with Crippen molar-refractivity contribution in [2.75, 3.05) is 0 Å². The third kappa shape index (κ3) is 3.75. The summed E-state index contributed by atoms with van der Waals surface area (Å²) in [7, 11) is -6.69. The first-order valence-electron chi connectivity index (χ1n) is 8.27. The van der Waals surface area contributed by atoms with Crippen LogP contribution in [0.3, 0.4) is 0 Å². The summed E-state index contributed by atoms with van der Waals surface area (Å²) in [6.45, 7) is 0. The van der Waals surface area contributed by atoms with Gasteiger partial charge in [-0.05, 0) is 12.2 Å². The predicted octanol–water partition coefficient (Wildman–Crippen LogP) is 6.24. The number of rotatable bonds is 4. The fraction of sp³-hybridized carbons (Fsp3) is 0.111. The highest BCUT2D eigenvalue weighted by molar-refractivity contribution is 7.58. The Kier molecular flexibility index (Phi) is 6.58. The van der Waals surface area contributed by atoms with Crippen molar-refractivity contribution in [3.8, 4) is 0 Å². The summed E-state index contributed by atoms with van der Waals surface area (Å²) in [5, 5.41) is -3.92. The third-order valence-corrected chi connectivity index (χ3v) is 7.79. The molecule has 0 saturated carbocycles. The Balaban J connectivity index is 2.01. The van der Waals surface area contributed by atoms with E-state index in [-0.39, 0.29) is 10.6 Å². The van der Waals surface area contributed by atoms with Gasteiger partial charge in [0.2, 0.25) is 58.2 Å². The zero-order chi connectivity index (χ0) is 24.1. The first-order chi connectivity index (χ1) is 14.9. The third-order valence-electron chi connectivity index (χ3n) is 4.41. The van der Waals surface area contributed by atoms with E-state index in [0.29, 0.717) is 0 Å². The number of allylic oxidation sites excluding steroid dienone is 4. The van der Waals surface area contributed by atoms with Crippen molar-refractivity contribution in [2.45, 2.75) is 12.8 Å². The Morgan fingerprint density at radius 2 is 0.656 bits per heavy atom. The largest absolute Gasteiger partial charge is 0.417 e. The van der Waals surface area contributed by atoms with E-state index >= 15 is 0 Å². The molecule has 3 rings (SSSR count). The molecule has 0 fully saturated rings. The molecule has 0 radical (unpaired) electrons. The quantitative estimate of drug-likeness (QED) is 0.213. The molecule has 0 aliphatic heterocycles. The molecule has 32 heavy (non-hydrogen) atoms. The second kappa shape index (κ2) is 8.75. The molecule has 2 atom stereocenters. The fourth-order valence-electron chi connectivity index (χ4n) is 2.78. The monoisotopic (exact) mass is 506 g/mol. The molecular weight excluding hydrogens is 500 g/mol. The van der Waals surface area contributed by atoms with Gasteiger partial charge in [-0.3, -0.25) is 0 Å². The minimum Gasteiger partial charge on any atom is -0.200 e. The van der Waals surface area contributed by atoms with Gasteiger partial charge in [0.25, 0.3) is 10.6 Å². The molecule has 14 heteroatoms. The lowest BCUT2D eigenvalue weighted by molar-refractivity contribution is 0.384. The van der Waals surface area contributed by atoms with Crippen molar-refractivity contribution in [1.82, 2.24) is 0 Å². The lowest BCUT2D eigenvalue weighted by atomic mass is 10.2. The zero-order valence-corrected chi connectivity index (χ0v) is 16.8. The summed E-state index contributed by atoms with van der Waals surface area (Å²) >= 11 is 0. The summed E-state index contributed by atoms with van der Waals surface area (Å²) in [4.78, 5) is 0. The zero-order valence-electron chi connectivity index (χ0n) is 15.1. The van der Waals surface area contributed by atoms with Crippen LogP contribution < -0.4 is 10.6 Å². The smallest absolute Gasteiger partial charge is 0.200 e. The van der Waals surface area contributed by atoms with Gasteiger partial charge in [0, 0.05) is 12.8 Å². The molecule has 1 aliphatic carbocycles. The Hall–Kier alpha value is -2.58. The first kappa shape index (κ1) is 24.1. The maximum Gasteiger partial charge on any atom is 0.417 e. The highest BCUT2D eigenvalue weighted by atomic mass is 31.1. The van der Waals surface area contributed by atoms with Crippen LogP contribution in [0.4, 0.5) is 43.9 Å². The highest BCUT2D eigenvalue weighted by Gasteiger charge is 2.44. The van der Waals surface area contributed by atoms with Crippen LogP contribution >= 0.6 is 15.6 Å². The van der Waals surface area contributed by atoms with Gasteiger partial charge in [-0.25, -0.2) is 26.3 Å². The van der Waals surface area contributed by atoms with Gasteiger partial charge >= 0.3 is 15.6 Å². The summed E-state index contributed by atoms with van der Waals surface area (Å²) in [6.07, 6.45) is 0.651. The van der Waals surface area contributed by atoms with Gasteiger partial charge in [-0.1, -0.05) is 9.13 Å². The molecule has 1 aliphatic rings. The maximum absolute atomic E-state index is 13.9. The lowest BCUT2D eigenvalue weighted by Gasteiger charge is -2.05. The van der Waals surface area contributed by atoms with Gasteiger partial charge in [-0.2, -0.15) is 17.6 Å². The van der Waals surface area contributed by atoms with Gasteiger partial charge in [0.15, 0.2) is 10.6 Å². The van der Waals surface area contributed by atoms with Crippen LogP contribution in [0.5, 0.6) is 0 Å². The maximum atomic E-state index is 13.9. The standard InChI is InChI=1S/C18H6F10O2P2/c19-7-9(21)13(25)17(14(26)10(7)22)31(29)5-1-2-6(4-3-5)32(30)18-15(27)11(23)8(20)12(24)16(18)28/h1-2H,3-4H2/q+2. The highest BCUT2D eigenvalue weighted by Crippen LogP contribution is 2.45. The minimum atomic E-state index is -3.34. The second-order valence-electron chi connectivity index (χ2n) is 6.24. The van der Waals surface area contributed by atoms with Crippen molar-refractivity contribution in [2.24, 2.45) is 0 Å². The predicted molar refractivity (Wildman–Crippen MR) is 92.3 cm³/mol. The van der Waals surface area contributed by atoms with Crippen LogP contribution in [-0.4, -0.2) is 0 Å². The van der Waals surface area contributed by atoms with Gasteiger partial charge < -0.3 is 0 Å². The minimum absolute atomic E-state index is 0.368. The van der Waals surface area contributed by atoms with Crippen molar-refractivity contribution in [3.05, 3.63) is 81.0 Å². The van der Waals surface area contributed by atoms with Gasteiger partial charge in [0.05, 0.1) is 0 Å². The Labute approximate surface area is 173 Å². The van der Waals surface area contributed by atoms with Crippen molar-refractivity contribution >= 4 is 26.2 Å². The Morgan fingerprint density at radius 1 is 0.438 bits per heavy atom. The SMILES string of the molecule is O=[P+](C1=CC=C([P+](=O)c2c(F)c(F)c(F)c(F)c2F)CC1)c1c(F)c(F)c(F)c(F)c1F. The second-order valence-corrected chi connectivity index (χ2v) is 9.46. The Bertz CT molecular complexity index is 1110. The topological polar surface area (TPSA) is 34.1 Å². The lowest BCUT2D eigenvalue weighted by Crippen LogP contribution is -2.18. The van der Waals surface area contributed by atoms with E-state index < -0.39 is 97.2 Å². The van der Waals surface area contributed by atoms with E-state index in [0.717, 1.165) is 12.2 Å². The summed E-state index contributed by atoms with van der Waals surface area (Å²) in [6, 6.07) is 0. The molecule has 0 saturated heterocycles. The normalized spacial score (nSPS) is 14.8. The average Bonchev–Trinajstić information content (AvgIpc) is 2.79. The first-order valence-corrected chi connectivity index (χ1v) is 10.8. The van der Waals surface area contributed by atoms with Crippen LogP contribution in [0.1, 0.15) is 12.8 Å². The molecule has 2 unspecified atom stereocenters. The molecule has 0 N–H and O–H groups in total. The Morgan fingerprint density at radius 3 is 0.875 bits per heavy atom. The van der Waals surface area contributed by atoms with E-state index in [1.165, 1.54) is 0 Å². The van der Waals surface area contributed by atoms with Crippen molar-refractivity contribution < 1.29 is 53.0 Å². The number of hydrogen-bond acceptors (Lipinski definition) is 2. The summed E-state index contributed by atoms with van der Waals surface area (Å²) in [5.74, 6) is -23.4. The molecule has 2 nitrogen and oxygen atoms in total. The molecule has 0 amide bonds. The average molecular weight is 506 g/mol. The number of halogens is 10. The molecular formula is C18H6F10O2P2+2. The number of benzene rings is 2. The summed E-state index contributed by atoms with van der Waals surface area (Å²) < 4.78 is 160. The molecule has 2 aromatic carbocycles. The van der Waals surface area contributed by atoms with E-state index in [1.54, 1.807) is 0 Å². The van der Waals surface area contributed by atoms with Crippen LogP contribution in [0.25, 0.3) is 0 Å². The van der Waals surface area contributed by atoms with Gasteiger partial charge in [-0.15, -0.1) is 0 Å². The van der Waals surface area contributed by atoms with Crippen LogP contribution in [0, 0.1) is 58.2 Å². The molecule has 0 aromatic heterocycles. The van der Waals surface area contributed by atoms with Gasteiger partial charge in [0.1, 0.15) is 0 Å². The fourth-order valence-corrected chi connectivity index (χ4v) is 5.51. The molecule has 168 valence electrons. The summed E-state index contributed by atoms with van der Waals surface area (Å²) in [5.41, 5.74) is 0. The number of hydrogen-bond donors (Lipinski definition) is 0. The van der Waals surface area contributed by atoms with E-state index in [2.05, 4.69) is 0 Å². The molecule has 0 spiro atoms.